The number of halogens is 3. The number of amides is 2. The topological polar surface area (TPSA) is 95.5 Å². The summed E-state index contributed by atoms with van der Waals surface area (Å²) in [7, 11) is 1.62. The normalized spacial score (nSPS) is 15.9. The van der Waals surface area contributed by atoms with Crippen LogP contribution in [-0.4, -0.2) is 64.0 Å². The lowest BCUT2D eigenvalue weighted by molar-refractivity contribution is -0.133. The van der Waals surface area contributed by atoms with E-state index in [2.05, 4.69) is 31.6 Å². The molecule has 8 rings (SSSR count). The quantitative estimate of drug-likeness (QED) is 0.152. The molecule has 0 aliphatic carbocycles. The molecule has 2 N–H and O–H groups in total. The number of H-pyrrole nitrogens is 1. The van der Waals surface area contributed by atoms with Crippen molar-refractivity contribution >= 4 is 68.9 Å². The summed E-state index contributed by atoms with van der Waals surface area (Å²) in [5, 5.41) is 5.69. The average molecular weight is 810 g/mol. The van der Waals surface area contributed by atoms with Crippen molar-refractivity contribution in [3.8, 4) is 28.3 Å². The molecule has 2 aliphatic heterocycles. The molecule has 2 aliphatic rings. The number of nitrogens with zero attached hydrogens (tertiary/aromatic N) is 4. The smallest absolute Gasteiger partial charge is 0.272 e. The zero-order chi connectivity index (χ0) is 38.9. The van der Waals surface area contributed by atoms with E-state index in [1.54, 1.807) is 19.5 Å². The second kappa shape index (κ2) is 16.3. The van der Waals surface area contributed by atoms with E-state index in [-0.39, 0.29) is 23.9 Å². The van der Waals surface area contributed by atoms with Crippen molar-refractivity contribution in [3.63, 3.8) is 0 Å². The van der Waals surface area contributed by atoms with Gasteiger partial charge in [0.1, 0.15) is 11.4 Å². The third kappa shape index (κ3) is 7.48. The number of imidazole rings is 1. The maximum absolute atomic E-state index is 14.9. The summed E-state index contributed by atoms with van der Waals surface area (Å²) >= 11 is 19.6. The van der Waals surface area contributed by atoms with Crippen LogP contribution in [0.3, 0.4) is 0 Å². The fourth-order valence-corrected chi connectivity index (χ4v) is 9.04. The summed E-state index contributed by atoms with van der Waals surface area (Å²) in [6.07, 6.45) is 7.29. The number of ether oxygens (including phenoxy) is 1. The van der Waals surface area contributed by atoms with Crippen molar-refractivity contribution in [2.75, 3.05) is 37.0 Å². The number of fused-ring (bicyclic) bond motifs is 1. The molecular formula is C44H43Cl3N6O3. The third-order valence-electron chi connectivity index (χ3n) is 11.2. The van der Waals surface area contributed by atoms with E-state index < -0.39 is 0 Å². The molecule has 288 valence electrons. The van der Waals surface area contributed by atoms with Crippen LogP contribution in [-0.2, 0) is 4.79 Å². The van der Waals surface area contributed by atoms with Gasteiger partial charge in [-0.2, -0.15) is 0 Å². The first-order chi connectivity index (χ1) is 27.2. The van der Waals surface area contributed by atoms with Crippen LogP contribution in [0.25, 0.3) is 33.4 Å². The highest BCUT2D eigenvalue weighted by molar-refractivity contribution is 6.35. The number of benzene rings is 4. The lowest BCUT2D eigenvalue weighted by Gasteiger charge is -2.39. The Kier molecular flexibility index (Phi) is 11.0. The summed E-state index contributed by atoms with van der Waals surface area (Å²) in [4.78, 5) is 40.6. The van der Waals surface area contributed by atoms with E-state index in [1.807, 2.05) is 78.9 Å². The number of methoxy groups -OCH3 is 1. The zero-order valence-electron chi connectivity index (χ0n) is 31.3. The number of hydrogen-bond donors (Lipinski definition) is 2. The van der Waals surface area contributed by atoms with Gasteiger partial charge in [-0.25, -0.2) is 4.98 Å². The van der Waals surface area contributed by atoms with Crippen LogP contribution in [0.4, 0.5) is 11.4 Å². The molecule has 0 spiro atoms. The molecule has 1 atom stereocenters. The molecule has 2 aromatic heterocycles. The number of anilines is 2. The Bertz CT molecular complexity index is 2400. The van der Waals surface area contributed by atoms with E-state index in [4.69, 9.17) is 44.5 Å². The summed E-state index contributed by atoms with van der Waals surface area (Å²) in [5.41, 5.74) is 6.44. The molecule has 4 heterocycles. The van der Waals surface area contributed by atoms with Gasteiger partial charge >= 0.3 is 0 Å². The number of likely N-dealkylation sites (tertiary alicyclic amines) is 1. The van der Waals surface area contributed by atoms with Crippen LogP contribution in [0.15, 0.2) is 91.3 Å². The van der Waals surface area contributed by atoms with Crippen molar-refractivity contribution in [2.24, 2.45) is 0 Å². The van der Waals surface area contributed by atoms with Gasteiger partial charge in [-0.05, 0) is 74.6 Å². The molecule has 0 bridgehead atoms. The molecule has 2 amide bonds. The monoisotopic (exact) mass is 808 g/mol. The Morgan fingerprint density at radius 3 is 2.45 bits per heavy atom. The summed E-state index contributed by atoms with van der Waals surface area (Å²) in [6, 6.07) is 26.7. The lowest BCUT2D eigenvalue weighted by atomic mass is 9.99. The van der Waals surface area contributed by atoms with Gasteiger partial charge in [0.25, 0.3) is 5.91 Å². The van der Waals surface area contributed by atoms with Crippen molar-refractivity contribution in [2.45, 2.75) is 57.5 Å². The van der Waals surface area contributed by atoms with Crippen molar-refractivity contribution in [1.82, 2.24) is 19.4 Å². The molecule has 4 aromatic carbocycles. The maximum atomic E-state index is 14.9. The van der Waals surface area contributed by atoms with Crippen molar-refractivity contribution in [1.29, 1.82) is 0 Å². The molecule has 2 fully saturated rings. The van der Waals surface area contributed by atoms with Crippen LogP contribution < -0.4 is 15.0 Å². The standard InChI is InChI=1S/C44H43Cl3N6O3/c1-27(33-15-12-29(45)23-35(33)47)53-26-48-41(28-9-5-3-6-10-28)43(53)40-34-16-13-30(46)24-36(34)49-42(40)44(55)50-37-25-32(56-2)14-17-38(37)51-21-18-31(19-22-51)52-20-8-4-7-11-39(52)54/h3,5-6,9-10,12-17,23-27,31,49H,4,7-8,11,18-22H2,1-2H3,(H,50,55)/t27-/m0/s1. The molecule has 0 radical (unpaired) electrons. The zero-order valence-corrected chi connectivity index (χ0v) is 33.6. The number of aromatic nitrogens is 3. The van der Waals surface area contributed by atoms with Gasteiger partial charge in [0.15, 0.2) is 0 Å². The highest BCUT2D eigenvalue weighted by Gasteiger charge is 2.31. The maximum Gasteiger partial charge on any atom is 0.272 e. The van der Waals surface area contributed by atoms with Gasteiger partial charge in [-0.1, -0.05) is 83.7 Å². The number of piperidine rings is 1. The Morgan fingerprint density at radius 2 is 1.68 bits per heavy atom. The molecule has 6 aromatic rings. The highest BCUT2D eigenvalue weighted by Crippen LogP contribution is 2.43. The summed E-state index contributed by atoms with van der Waals surface area (Å²) in [6.45, 7) is 4.39. The van der Waals surface area contributed by atoms with Gasteiger partial charge in [0.05, 0.1) is 42.2 Å². The first kappa shape index (κ1) is 37.9. The largest absolute Gasteiger partial charge is 0.497 e. The number of nitrogens with one attached hydrogen (secondary N) is 2. The molecule has 56 heavy (non-hydrogen) atoms. The van der Waals surface area contributed by atoms with Gasteiger partial charge < -0.3 is 29.4 Å². The number of carbonyl (C=O) groups excluding carboxylic acids is 2. The Morgan fingerprint density at radius 1 is 0.911 bits per heavy atom. The van der Waals surface area contributed by atoms with Crippen LogP contribution in [0, 0.1) is 0 Å². The third-order valence-corrected chi connectivity index (χ3v) is 12.0. The van der Waals surface area contributed by atoms with E-state index in [9.17, 15) is 9.59 Å². The number of aromatic amines is 1. The molecule has 0 unspecified atom stereocenters. The molecule has 12 heteroatoms. The first-order valence-corrected chi connectivity index (χ1v) is 20.3. The predicted octanol–water partition coefficient (Wildman–Crippen LogP) is 10.9. The van der Waals surface area contributed by atoms with Crippen LogP contribution in [0.5, 0.6) is 5.75 Å². The van der Waals surface area contributed by atoms with Gasteiger partial charge in [0.2, 0.25) is 5.91 Å². The van der Waals surface area contributed by atoms with E-state index >= 15 is 0 Å². The van der Waals surface area contributed by atoms with Gasteiger partial charge in [0, 0.05) is 75.3 Å². The van der Waals surface area contributed by atoms with Crippen molar-refractivity contribution < 1.29 is 14.3 Å². The Hall–Kier alpha value is -4.96. The minimum Gasteiger partial charge on any atom is -0.497 e. The molecule has 0 saturated carbocycles. The predicted molar refractivity (Wildman–Crippen MR) is 227 cm³/mol. The molecular weight excluding hydrogens is 767 g/mol. The summed E-state index contributed by atoms with van der Waals surface area (Å²) in [5.74, 6) is 0.558. The van der Waals surface area contributed by atoms with Crippen LogP contribution in [0.1, 0.15) is 67.5 Å². The number of rotatable bonds is 9. The second-order valence-corrected chi connectivity index (χ2v) is 15.9. The fraction of sp³-hybridized carbons (Fsp3) is 0.295. The van der Waals surface area contributed by atoms with Gasteiger partial charge in [-0.15, -0.1) is 0 Å². The van der Waals surface area contributed by atoms with Gasteiger partial charge in [-0.3, -0.25) is 9.59 Å². The van der Waals surface area contributed by atoms with E-state index in [0.29, 0.717) is 55.4 Å². The Balaban J connectivity index is 1.20. The fourth-order valence-electron chi connectivity index (χ4n) is 8.30. The van der Waals surface area contributed by atoms with E-state index in [1.165, 1.54) is 0 Å². The van der Waals surface area contributed by atoms with Crippen LogP contribution in [0.2, 0.25) is 15.1 Å². The average Bonchev–Trinajstić information content (AvgIpc) is 3.73. The summed E-state index contributed by atoms with van der Waals surface area (Å²) < 4.78 is 7.70. The Labute approximate surface area is 341 Å². The first-order valence-electron chi connectivity index (χ1n) is 19.1. The SMILES string of the molecule is COc1ccc(N2CCC(N3CCCCCC3=O)CC2)c(NC(=O)c2[nH]c3cc(Cl)ccc3c2-c2c(-c3ccccc3)ncn2[C@@H](C)c2ccc(Cl)cc2Cl)c1. The van der Waals surface area contributed by atoms with Crippen molar-refractivity contribution in [3.05, 3.63) is 118 Å². The lowest BCUT2D eigenvalue weighted by Crippen LogP contribution is -2.47. The number of hydrogen-bond acceptors (Lipinski definition) is 5. The molecule has 2 saturated heterocycles. The van der Waals surface area contributed by atoms with Crippen LogP contribution >= 0.6 is 34.8 Å². The minimum atomic E-state index is -0.337. The number of carbonyl (C=O) groups is 2. The minimum absolute atomic E-state index is 0.225. The van der Waals surface area contributed by atoms with E-state index in [0.717, 1.165) is 79.6 Å². The molecule has 9 nitrogen and oxygen atoms in total. The highest BCUT2D eigenvalue weighted by atomic mass is 35.5. The second-order valence-electron chi connectivity index (χ2n) is 14.6.